The molecule has 5 rings (SSSR count). The van der Waals surface area contributed by atoms with Gasteiger partial charge in [-0.25, -0.2) is 4.39 Å². The van der Waals surface area contributed by atoms with Crippen molar-refractivity contribution in [2.45, 2.75) is 71.1 Å². The highest BCUT2D eigenvalue weighted by molar-refractivity contribution is 6.30. The van der Waals surface area contributed by atoms with Gasteiger partial charge in [0.25, 0.3) is 0 Å². The largest absolute Gasteiger partial charge is 0.487 e. The molecular formula is C32H33ClFNO4. The molecule has 3 aromatic rings. The monoisotopic (exact) mass is 549 g/mol. The lowest BCUT2D eigenvalue weighted by Crippen LogP contribution is -2.43. The average Bonchev–Trinajstić information content (AvgIpc) is 3.40. The minimum Gasteiger partial charge on any atom is -0.487 e. The van der Waals surface area contributed by atoms with E-state index in [-0.39, 0.29) is 35.8 Å². The van der Waals surface area contributed by atoms with Gasteiger partial charge in [0, 0.05) is 35.4 Å². The molecule has 204 valence electrons. The van der Waals surface area contributed by atoms with Crippen LogP contribution in [0.3, 0.4) is 0 Å². The van der Waals surface area contributed by atoms with Crippen LogP contribution in [0.15, 0.2) is 60.7 Å². The number of rotatable bonds is 8. The third-order valence-electron chi connectivity index (χ3n) is 7.42. The second-order valence-electron chi connectivity index (χ2n) is 11.2. The Morgan fingerprint density at radius 1 is 1.15 bits per heavy atom. The maximum Gasteiger partial charge on any atom is 0.232 e. The number of fused-ring (bicyclic) bond motifs is 1. The topological polar surface area (TPSA) is 55.8 Å². The summed E-state index contributed by atoms with van der Waals surface area (Å²) >= 11 is 6.30. The molecule has 5 nitrogen and oxygen atoms in total. The number of halogens is 2. The lowest BCUT2D eigenvalue weighted by atomic mass is 9.98. The molecule has 0 aromatic heterocycles. The molecule has 0 bridgehead atoms. The van der Waals surface area contributed by atoms with E-state index in [9.17, 15) is 9.59 Å². The van der Waals surface area contributed by atoms with E-state index in [1.165, 1.54) is 11.0 Å². The quantitative estimate of drug-likeness (QED) is 0.313. The maximum absolute atomic E-state index is 15.0. The van der Waals surface area contributed by atoms with Crippen LogP contribution < -0.4 is 9.47 Å². The van der Waals surface area contributed by atoms with Crippen LogP contribution in [0.5, 0.6) is 11.5 Å². The molecule has 39 heavy (non-hydrogen) atoms. The van der Waals surface area contributed by atoms with Crippen LogP contribution in [0.25, 0.3) is 0 Å². The number of nitrogens with zero attached hydrogens (tertiary/aromatic N) is 1. The second kappa shape index (κ2) is 11.0. The Morgan fingerprint density at radius 3 is 2.67 bits per heavy atom. The number of hydrogen-bond donors (Lipinski definition) is 0. The van der Waals surface area contributed by atoms with Crippen molar-refractivity contribution in [2.24, 2.45) is 5.92 Å². The van der Waals surface area contributed by atoms with Crippen molar-refractivity contribution in [3.63, 3.8) is 0 Å². The summed E-state index contributed by atoms with van der Waals surface area (Å²) in [7, 11) is 0. The van der Waals surface area contributed by atoms with Crippen molar-refractivity contribution in [3.8, 4) is 11.5 Å². The van der Waals surface area contributed by atoms with Crippen LogP contribution in [0.2, 0.25) is 5.02 Å². The van der Waals surface area contributed by atoms with Gasteiger partial charge in [0.15, 0.2) is 11.6 Å². The summed E-state index contributed by atoms with van der Waals surface area (Å²) < 4.78 is 26.9. The molecule has 1 fully saturated rings. The van der Waals surface area contributed by atoms with Gasteiger partial charge in [-0.15, -0.1) is 0 Å². The maximum atomic E-state index is 15.0. The first-order valence-electron chi connectivity index (χ1n) is 13.4. The highest BCUT2D eigenvalue weighted by atomic mass is 35.5. The fraction of sp³-hybridized carbons (Fsp3) is 0.375. The fourth-order valence-electron chi connectivity index (χ4n) is 5.60. The van der Waals surface area contributed by atoms with Crippen LogP contribution in [0.4, 0.5) is 4.39 Å². The Hall–Kier alpha value is -3.38. The summed E-state index contributed by atoms with van der Waals surface area (Å²) in [5, 5.41) is 0.589. The Balaban J connectivity index is 1.23. The van der Waals surface area contributed by atoms with Gasteiger partial charge in [0.2, 0.25) is 11.8 Å². The first-order chi connectivity index (χ1) is 18.6. The third-order valence-corrected chi connectivity index (χ3v) is 7.64. The predicted molar refractivity (Wildman–Crippen MR) is 148 cm³/mol. The molecule has 2 aliphatic heterocycles. The smallest absolute Gasteiger partial charge is 0.232 e. The number of ether oxygens (including phenoxy) is 2. The van der Waals surface area contributed by atoms with Crippen molar-refractivity contribution in [2.75, 3.05) is 0 Å². The summed E-state index contributed by atoms with van der Waals surface area (Å²) in [5.41, 5.74) is 3.22. The highest BCUT2D eigenvalue weighted by Gasteiger charge is 2.37. The lowest BCUT2D eigenvalue weighted by Gasteiger charge is -2.26. The normalized spacial score (nSPS) is 18.5. The zero-order chi connectivity index (χ0) is 27.7. The van der Waals surface area contributed by atoms with Crippen molar-refractivity contribution in [1.82, 2.24) is 4.90 Å². The summed E-state index contributed by atoms with van der Waals surface area (Å²) in [5.74, 6) is -0.464. The molecule has 0 N–H and O–H groups in total. The molecule has 7 heteroatoms. The molecule has 2 aliphatic rings. The van der Waals surface area contributed by atoms with Crippen molar-refractivity contribution in [1.29, 1.82) is 0 Å². The van der Waals surface area contributed by atoms with Crippen LogP contribution in [-0.4, -0.2) is 28.4 Å². The first-order valence-corrected chi connectivity index (χ1v) is 13.8. The molecule has 1 saturated heterocycles. The molecule has 0 unspecified atom stereocenters. The highest BCUT2D eigenvalue weighted by Crippen LogP contribution is 2.40. The van der Waals surface area contributed by atoms with Crippen LogP contribution in [0, 0.1) is 11.7 Å². The van der Waals surface area contributed by atoms with Gasteiger partial charge in [-0.3, -0.25) is 14.5 Å². The first kappa shape index (κ1) is 27.2. The number of carbonyl (C=O) groups excluding carboxylic acids is 2. The van der Waals surface area contributed by atoms with Gasteiger partial charge in [0.05, 0.1) is 0 Å². The Bertz CT molecular complexity index is 1390. The minimum atomic E-state index is -0.508. The molecule has 2 heterocycles. The van der Waals surface area contributed by atoms with Gasteiger partial charge in [-0.05, 0) is 74.1 Å². The predicted octanol–water partition coefficient (Wildman–Crippen LogP) is 6.71. The number of hydrogen-bond acceptors (Lipinski definition) is 4. The Labute approximate surface area is 233 Å². The van der Waals surface area contributed by atoms with Gasteiger partial charge in [-0.1, -0.05) is 54.9 Å². The molecule has 0 aliphatic carbocycles. The fourth-order valence-corrected chi connectivity index (χ4v) is 5.86. The van der Waals surface area contributed by atoms with Crippen LogP contribution in [-0.2, 0) is 35.5 Å². The van der Waals surface area contributed by atoms with E-state index in [0.717, 1.165) is 28.9 Å². The van der Waals surface area contributed by atoms with Crippen molar-refractivity contribution < 1.29 is 23.5 Å². The molecular weight excluding hydrogens is 517 g/mol. The van der Waals surface area contributed by atoms with Gasteiger partial charge >= 0.3 is 0 Å². The second-order valence-corrected chi connectivity index (χ2v) is 11.7. The zero-order valence-electron chi connectivity index (χ0n) is 22.5. The lowest BCUT2D eigenvalue weighted by molar-refractivity contribution is -0.146. The minimum absolute atomic E-state index is 0.112. The number of benzene rings is 3. The molecule has 0 spiro atoms. The van der Waals surface area contributed by atoms with E-state index in [2.05, 4.69) is 0 Å². The average molecular weight is 550 g/mol. The summed E-state index contributed by atoms with van der Waals surface area (Å²) in [6, 6.07) is 18.1. The number of carbonyl (C=O) groups is 2. The van der Waals surface area contributed by atoms with E-state index >= 15 is 4.39 Å². The number of amides is 2. The molecule has 0 radical (unpaired) electrons. The van der Waals surface area contributed by atoms with Gasteiger partial charge in [-0.2, -0.15) is 0 Å². The Kier molecular flexibility index (Phi) is 7.68. The number of imide groups is 1. The van der Waals surface area contributed by atoms with E-state index in [0.29, 0.717) is 36.3 Å². The zero-order valence-corrected chi connectivity index (χ0v) is 23.3. The molecule has 2 atom stereocenters. The molecule has 3 aromatic carbocycles. The van der Waals surface area contributed by atoms with Gasteiger partial charge < -0.3 is 9.47 Å². The van der Waals surface area contributed by atoms with Gasteiger partial charge in [0.1, 0.15) is 18.0 Å². The van der Waals surface area contributed by atoms with Crippen molar-refractivity contribution in [3.05, 3.63) is 93.8 Å². The standard InChI is InChI=1S/C32H33ClFNO4/c1-20(31(37)35-26(10-12-29(35)36)14-21-7-5-4-6-8-21)13-22-9-11-28(27(34)15-22)38-19-24-17-25(33)16-23-18-32(2,3)39-30(23)24/h4-9,11,15-17,20,26H,10,12-14,18-19H2,1-3H3/t20-,26-/m0/s1. The van der Waals surface area contributed by atoms with E-state index in [4.69, 9.17) is 21.1 Å². The van der Waals surface area contributed by atoms with E-state index in [1.807, 2.05) is 50.2 Å². The Morgan fingerprint density at radius 2 is 1.92 bits per heavy atom. The van der Waals surface area contributed by atoms with E-state index in [1.54, 1.807) is 25.1 Å². The van der Waals surface area contributed by atoms with Crippen LogP contribution >= 0.6 is 11.6 Å². The van der Waals surface area contributed by atoms with Crippen LogP contribution in [0.1, 0.15) is 55.9 Å². The molecule has 0 saturated carbocycles. The molecule has 2 amide bonds. The number of likely N-dealkylation sites (tertiary alicyclic amines) is 1. The third kappa shape index (κ3) is 6.11. The summed E-state index contributed by atoms with van der Waals surface area (Å²) in [6.45, 7) is 5.93. The van der Waals surface area contributed by atoms with Crippen molar-refractivity contribution >= 4 is 23.4 Å². The van der Waals surface area contributed by atoms with E-state index < -0.39 is 11.7 Å². The summed E-state index contributed by atoms with van der Waals surface area (Å²) in [6.07, 6.45) is 2.73. The summed E-state index contributed by atoms with van der Waals surface area (Å²) in [4.78, 5) is 27.3. The SMILES string of the molecule is C[C@@H](Cc1ccc(OCc2cc(Cl)cc3c2OC(C)(C)C3)c(F)c1)C(=O)N1C(=O)CC[C@H]1Cc1ccccc1.